The molecule has 0 bridgehead atoms. The average molecular weight is 410 g/mol. The summed E-state index contributed by atoms with van der Waals surface area (Å²) >= 11 is 0. The molecule has 0 aliphatic carbocycles. The van der Waals surface area contributed by atoms with Crippen LogP contribution in [0.25, 0.3) is 0 Å². The van der Waals surface area contributed by atoms with Gasteiger partial charge >= 0.3 is 0 Å². The fourth-order valence-electron chi connectivity index (χ4n) is 3.61. The second-order valence-electron chi connectivity index (χ2n) is 6.93. The van der Waals surface area contributed by atoms with Crippen molar-refractivity contribution in [2.45, 2.75) is 23.6 Å². The Balaban J connectivity index is 2.08. The highest BCUT2D eigenvalue weighted by atomic mass is 32.2. The van der Waals surface area contributed by atoms with Crippen LogP contribution in [0.5, 0.6) is 17.2 Å². The number of fused-ring (bicyclic) bond motifs is 2. The van der Waals surface area contributed by atoms with E-state index in [0.29, 0.717) is 17.2 Å². The number of anilines is 3. The van der Waals surface area contributed by atoms with Crippen LogP contribution in [-0.2, 0) is 10.8 Å². The summed E-state index contributed by atoms with van der Waals surface area (Å²) in [5.74, 6) is 1.84. The lowest BCUT2D eigenvalue weighted by atomic mass is 10.1. The maximum Gasteiger partial charge on any atom is 0.150 e. The van der Waals surface area contributed by atoms with Crippen LogP contribution in [0.1, 0.15) is 11.1 Å². The summed E-state index contributed by atoms with van der Waals surface area (Å²) in [7, 11) is 3.56. The van der Waals surface area contributed by atoms with E-state index in [4.69, 9.17) is 14.2 Å². The molecule has 0 radical (unpaired) electrons. The van der Waals surface area contributed by atoms with Crippen molar-refractivity contribution in [3.05, 3.63) is 59.7 Å². The van der Waals surface area contributed by atoms with Crippen LogP contribution >= 0.6 is 0 Å². The number of rotatable bonds is 4. The van der Waals surface area contributed by atoms with Gasteiger partial charge in [0.2, 0.25) is 0 Å². The van der Waals surface area contributed by atoms with E-state index < -0.39 is 10.8 Å². The van der Waals surface area contributed by atoms with Gasteiger partial charge < -0.3 is 19.1 Å². The van der Waals surface area contributed by atoms with Crippen molar-refractivity contribution in [1.82, 2.24) is 0 Å². The number of nitrogens with zero attached hydrogens (tertiary/aromatic N) is 1. The highest BCUT2D eigenvalue weighted by molar-refractivity contribution is 7.85. The number of hydrogen-bond acceptors (Lipinski definition) is 5. The van der Waals surface area contributed by atoms with E-state index in [1.165, 1.54) is 0 Å². The Morgan fingerprint density at radius 2 is 1.21 bits per heavy atom. The Morgan fingerprint density at radius 1 is 0.724 bits per heavy atom. The predicted molar refractivity (Wildman–Crippen MR) is 115 cm³/mol. The maximum atomic E-state index is 13.4. The molecule has 5 nitrogen and oxygen atoms in total. The largest absolute Gasteiger partial charge is 0.496 e. The SMILES string of the molecule is COc1cc(OC)c(N2c3ccc(C)cc3S(=O)c3cc(C)ccc32)c(OC)c1. The molecule has 29 heavy (non-hydrogen) atoms. The summed E-state index contributed by atoms with van der Waals surface area (Å²) in [5.41, 5.74) is 4.53. The zero-order valence-corrected chi connectivity index (χ0v) is 17.9. The van der Waals surface area contributed by atoms with Crippen LogP contribution in [0.4, 0.5) is 17.1 Å². The van der Waals surface area contributed by atoms with Gasteiger partial charge in [-0.2, -0.15) is 0 Å². The van der Waals surface area contributed by atoms with Gasteiger partial charge in [-0.15, -0.1) is 0 Å². The van der Waals surface area contributed by atoms with E-state index >= 15 is 0 Å². The number of aryl methyl sites for hydroxylation is 2. The molecule has 0 N–H and O–H groups in total. The Hall–Kier alpha value is -2.99. The van der Waals surface area contributed by atoms with Crippen molar-refractivity contribution >= 4 is 27.9 Å². The van der Waals surface area contributed by atoms with Crippen LogP contribution in [0.15, 0.2) is 58.3 Å². The highest BCUT2D eigenvalue weighted by Gasteiger charge is 2.33. The molecule has 3 aromatic rings. The van der Waals surface area contributed by atoms with Crippen molar-refractivity contribution in [3.63, 3.8) is 0 Å². The van der Waals surface area contributed by atoms with Gasteiger partial charge in [0.1, 0.15) is 22.9 Å². The normalized spacial score (nSPS) is 12.9. The summed E-state index contributed by atoms with van der Waals surface area (Å²) in [6.45, 7) is 4.00. The van der Waals surface area contributed by atoms with Gasteiger partial charge in [-0.05, 0) is 49.2 Å². The van der Waals surface area contributed by atoms with Crippen LogP contribution < -0.4 is 19.1 Å². The van der Waals surface area contributed by atoms with Gasteiger partial charge in [0.15, 0.2) is 0 Å². The van der Waals surface area contributed by atoms with E-state index in [9.17, 15) is 4.21 Å². The minimum Gasteiger partial charge on any atom is -0.496 e. The van der Waals surface area contributed by atoms with Gasteiger partial charge in [0.05, 0.1) is 53.3 Å². The minimum absolute atomic E-state index is 0.604. The Kier molecular flexibility index (Phi) is 4.96. The van der Waals surface area contributed by atoms with Crippen LogP contribution in [0.3, 0.4) is 0 Å². The first kappa shape index (κ1) is 19.3. The zero-order chi connectivity index (χ0) is 20.7. The van der Waals surface area contributed by atoms with Crippen molar-refractivity contribution in [2.24, 2.45) is 0 Å². The molecule has 0 spiro atoms. The molecule has 0 saturated carbocycles. The summed E-state index contributed by atoms with van der Waals surface area (Å²) in [6.07, 6.45) is 0. The molecule has 0 amide bonds. The van der Waals surface area contributed by atoms with Crippen molar-refractivity contribution in [1.29, 1.82) is 0 Å². The second-order valence-corrected chi connectivity index (χ2v) is 8.34. The molecule has 0 saturated heterocycles. The molecule has 6 heteroatoms. The fraction of sp³-hybridized carbons (Fsp3) is 0.217. The molecular weight excluding hydrogens is 386 g/mol. The lowest BCUT2D eigenvalue weighted by Gasteiger charge is -2.34. The number of benzene rings is 3. The van der Waals surface area contributed by atoms with Crippen molar-refractivity contribution in [3.8, 4) is 17.2 Å². The lowest BCUT2D eigenvalue weighted by molar-refractivity contribution is 0.377. The average Bonchev–Trinajstić information content (AvgIpc) is 2.74. The first-order valence-corrected chi connectivity index (χ1v) is 10.4. The van der Waals surface area contributed by atoms with Crippen LogP contribution in [-0.4, -0.2) is 25.5 Å². The molecule has 0 aromatic heterocycles. The third kappa shape index (κ3) is 3.13. The van der Waals surface area contributed by atoms with Crippen LogP contribution in [0, 0.1) is 13.8 Å². The lowest BCUT2D eigenvalue weighted by Crippen LogP contribution is -2.21. The summed E-state index contributed by atoms with van der Waals surface area (Å²) in [5, 5.41) is 0. The molecule has 150 valence electrons. The van der Waals surface area contributed by atoms with Crippen molar-refractivity contribution in [2.75, 3.05) is 26.2 Å². The molecule has 3 aromatic carbocycles. The Labute approximate surface area is 173 Å². The van der Waals surface area contributed by atoms with Crippen molar-refractivity contribution < 1.29 is 18.4 Å². The highest BCUT2D eigenvalue weighted by Crippen LogP contribution is 2.53. The van der Waals surface area contributed by atoms with E-state index in [1.807, 2.05) is 62.4 Å². The molecule has 0 fully saturated rings. The third-order valence-electron chi connectivity index (χ3n) is 5.02. The molecule has 4 rings (SSSR count). The summed E-state index contributed by atoms with van der Waals surface area (Å²) in [6, 6.07) is 15.6. The molecule has 0 atom stereocenters. The van der Waals surface area contributed by atoms with E-state index in [1.54, 1.807) is 21.3 Å². The van der Waals surface area contributed by atoms with Crippen LogP contribution in [0.2, 0.25) is 0 Å². The molecule has 1 aliphatic heterocycles. The maximum absolute atomic E-state index is 13.4. The van der Waals surface area contributed by atoms with E-state index in [-0.39, 0.29) is 0 Å². The van der Waals surface area contributed by atoms with Gasteiger partial charge in [-0.3, -0.25) is 0 Å². The molecule has 1 heterocycles. The molecular formula is C23H23NO4S. The standard InChI is InChI=1S/C23H23NO4S/c1-14-6-8-17-21(10-14)29(25)22-11-15(2)7-9-18(22)24(17)23-19(27-4)12-16(26-3)13-20(23)28-5/h6-13H,1-5H3. The van der Waals surface area contributed by atoms with E-state index in [2.05, 4.69) is 4.90 Å². The smallest absolute Gasteiger partial charge is 0.150 e. The van der Waals surface area contributed by atoms with E-state index in [0.717, 1.165) is 38.0 Å². The summed E-state index contributed by atoms with van der Waals surface area (Å²) in [4.78, 5) is 3.59. The zero-order valence-electron chi connectivity index (χ0n) is 17.1. The third-order valence-corrected chi connectivity index (χ3v) is 6.48. The quantitative estimate of drug-likeness (QED) is 0.459. The second kappa shape index (κ2) is 7.44. The Morgan fingerprint density at radius 3 is 1.62 bits per heavy atom. The van der Waals surface area contributed by atoms with Gasteiger partial charge in [-0.25, -0.2) is 4.21 Å². The number of methoxy groups -OCH3 is 3. The number of ether oxygens (including phenoxy) is 3. The Bertz CT molecular complexity index is 1050. The predicted octanol–water partition coefficient (Wildman–Crippen LogP) is 5.28. The van der Waals surface area contributed by atoms with Gasteiger partial charge in [-0.1, -0.05) is 12.1 Å². The van der Waals surface area contributed by atoms with Gasteiger partial charge in [0.25, 0.3) is 0 Å². The summed E-state index contributed by atoms with van der Waals surface area (Å²) < 4.78 is 30.2. The first-order valence-electron chi connectivity index (χ1n) is 9.21. The topological polar surface area (TPSA) is 48.0 Å². The first-order chi connectivity index (χ1) is 14.0. The fourth-order valence-corrected chi connectivity index (χ4v) is 5.13. The minimum atomic E-state index is -1.28. The molecule has 1 aliphatic rings. The monoisotopic (exact) mass is 409 g/mol. The molecule has 0 unspecified atom stereocenters. The van der Waals surface area contributed by atoms with Gasteiger partial charge in [0, 0.05) is 12.1 Å². The number of hydrogen-bond donors (Lipinski definition) is 0.